The first-order valence-corrected chi connectivity index (χ1v) is 10.1. The maximum absolute atomic E-state index is 12.5. The van der Waals surface area contributed by atoms with Crippen molar-refractivity contribution in [2.45, 2.75) is 26.7 Å². The van der Waals surface area contributed by atoms with E-state index in [2.05, 4.69) is 30.1 Å². The Balaban J connectivity index is 1.82. The van der Waals surface area contributed by atoms with E-state index in [9.17, 15) is 9.59 Å². The second-order valence-corrected chi connectivity index (χ2v) is 8.75. The summed E-state index contributed by atoms with van der Waals surface area (Å²) in [5.41, 5.74) is 1.29. The first kappa shape index (κ1) is 22.6. The van der Waals surface area contributed by atoms with Gasteiger partial charge in [-0.2, -0.15) is 5.26 Å². The molecule has 6 heteroatoms. The Labute approximate surface area is 174 Å². The molecule has 6 nitrogen and oxygen atoms in total. The summed E-state index contributed by atoms with van der Waals surface area (Å²) in [7, 11) is 4.06. The maximum Gasteiger partial charge on any atom is 0.246 e. The van der Waals surface area contributed by atoms with Gasteiger partial charge in [0.2, 0.25) is 11.8 Å². The Morgan fingerprint density at radius 2 is 1.93 bits per heavy atom. The highest BCUT2D eigenvalue weighted by atomic mass is 16.2. The van der Waals surface area contributed by atoms with Crippen molar-refractivity contribution < 1.29 is 9.59 Å². The van der Waals surface area contributed by atoms with E-state index in [0.29, 0.717) is 38.0 Å². The molecule has 0 aromatic heterocycles. The third kappa shape index (κ3) is 7.03. The number of carbonyl (C=O) groups is 2. The van der Waals surface area contributed by atoms with Crippen LogP contribution in [0.25, 0.3) is 6.08 Å². The largest absolute Gasteiger partial charge is 0.355 e. The van der Waals surface area contributed by atoms with Crippen molar-refractivity contribution in [3.63, 3.8) is 0 Å². The molecule has 1 aliphatic rings. The number of carbonyl (C=O) groups excluding carboxylic acids is 2. The fraction of sp³-hybridized carbons (Fsp3) is 0.522. The van der Waals surface area contributed by atoms with E-state index in [0.717, 1.165) is 12.1 Å². The lowest BCUT2D eigenvalue weighted by molar-refractivity contribution is -0.132. The summed E-state index contributed by atoms with van der Waals surface area (Å²) < 4.78 is 0. The van der Waals surface area contributed by atoms with Gasteiger partial charge < -0.3 is 15.1 Å². The molecule has 1 saturated heterocycles. The first-order valence-electron chi connectivity index (χ1n) is 10.1. The minimum atomic E-state index is -0.0799. The van der Waals surface area contributed by atoms with Crippen LogP contribution in [0.15, 0.2) is 30.3 Å². The number of nitrogens with one attached hydrogen (secondary N) is 1. The predicted molar refractivity (Wildman–Crippen MR) is 115 cm³/mol. The van der Waals surface area contributed by atoms with Gasteiger partial charge in [-0.1, -0.05) is 32.0 Å². The van der Waals surface area contributed by atoms with E-state index < -0.39 is 0 Å². The van der Waals surface area contributed by atoms with Crippen LogP contribution in [0.1, 0.15) is 37.8 Å². The zero-order valence-electron chi connectivity index (χ0n) is 17.9. The van der Waals surface area contributed by atoms with Crippen molar-refractivity contribution in [3.05, 3.63) is 41.5 Å². The zero-order valence-corrected chi connectivity index (χ0v) is 17.9. The molecule has 1 heterocycles. The second kappa shape index (κ2) is 10.2. The van der Waals surface area contributed by atoms with E-state index in [1.807, 2.05) is 26.2 Å². The van der Waals surface area contributed by atoms with Crippen molar-refractivity contribution in [2.75, 3.05) is 40.3 Å². The third-order valence-electron chi connectivity index (χ3n) is 5.15. The fourth-order valence-corrected chi connectivity index (χ4v) is 3.76. The van der Waals surface area contributed by atoms with Crippen molar-refractivity contribution in [1.82, 2.24) is 15.1 Å². The number of nitrogens with zero attached hydrogens (tertiary/aromatic N) is 3. The number of amides is 2. The highest BCUT2D eigenvalue weighted by molar-refractivity contribution is 5.92. The average molecular weight is 397 g/mol. The van der Waals surface area contributed by atoms with Crippen LogP contribution in [0.2, 0.25) is 0 Å². The summed E-state index contributed by atoms with van der Waals surface area (Å²) in [5, 5.41) is 12.2. The molecule has 0 aliphatic carbocycles. The summed E-state index contributed by atoms with van der Waals surface area (Å²) in [6.07, 6.45) is 4.55. The molecule has 2 rings (SSSR count). The molecule has 0 saturated carbocycles. The SMILES string of the molecule is CN(C)CC(C)(C)CNC(=O)C1CCN(C(=O)/C=C/c2ccccc2C#N)CC1. The predicted octanol–water partition coefficient (Wildman–Crippen LogP) is 2.51. The molecule has 29 heavy (non-hydrogen) atoms. The van der Waals surface area contributed by atoms with Gasteiger partial charge in [0.05, 0.1) is 11.6 Å². The van der Waals surface area contributed by atoms with Crippen molar-refractivity contribution in [2.24, 2.45) is 11.3 Å². The fourth-order valence-electron chi connectivity index (χ4n) is 3.76. The highest BCUT2D eigenvalue weighted by Gasteiger charge is 2.28. The minimum absolute atomic E-state index is 0.0142. The summed E-state index contributed by atoms with van der Waals surface area (Å²) in [6.45, 7) is 6.98. The molecular weight excluding hydrogens is 364 g/mol. The number of likely N-dealkylation sites (tertiary alicyclic amines) is 1. The third-order valence-corrected chi connectivity index (χ3v) is 5.15. The van der Waals surface area contributed by atoms with Gasteiger partial charge in [0.1, 0.15) is 0 Å². The first-order chi connectivity index (χ1) is 13.7. The van der Waals surface area contributed by atoms with Gasteiger partial charge >= 0.3 is 0 Å². The van der Waals surface area contributed by atoms with Crippen LogP contribution in [0.5, 0.6) is 0 Å². The van der Waals surface area contributed by atoms with E-state index in [1.54, 1.807) is 23.1 Å². The molecule has 2 amide bonds. The van der Waals surface area contributed by atoms with E-state index in [1.165, 1.54) is 6.08 Å². The van der Waals surface area contributed by atoms with Crippen LogP contribution >= 0.6 is 0 Å². The van der Waals surface area contributed by atoms with E-state index in [-0.39, 0.29) is 23.1 Å². The van der Waals surface area contributed by atoms with Crippen LogP contribution < -0.4 is 5.32 Å². The monoisotopic (exact) mass is 396 g/mol. The summed E-state index contributed by atoms with van der Waals surface area (Å²) in [5.74, 6) is -0.0383. The van der Waals surface area contributed by atoms with Crippen molar-refractivity contribution in [1.29, 1.82) is 5.26 Å². The lowest BCUT2D eigenvalue weighted by atomic mass is 9.91. The molecule has 0 radical (unpaired) electrons. The van der Waals surface area contributed by atoms with Crippen molar-refractivity contribution >= 4 is 17.9 Å². The molecule has 1 aliphatic heterocycles. The lowest BCUT2D eigenvalue weighted by Crippen LogP contribution is -2.45. The molecular formula is C23H32N4O2. The van der Waals surface area contributed by atoms with Crippen molar-refractivity contribution in [3.8, 4) is 6.07 Å². The quantitative estimate of drug-likeness (QED) is 0.719. The maximum atomic E-state index is 12.5. The number of hydrogen-bond acceptors (Lipinski definition) is 4. The summed E-state index contributed by atoms with van der Waals surface area (Å²) in [6, 6.07) is 9.32. The lowest BCUT2D eigenvalue weighted by Gasteiger charge is -2.32. The zero-order chi connectivity index (χ0) is 21.4. The number of piperidine rings is 1. The van der Waals surface area contributed by atoms with Gasteiger partial charge in [-0.05, 0) is 50.1 Å². The summed E-state index contributed by atoms with van der Waals surface area (Å²) >= 11 is 0. The average Bonchev–Trinajstić information content (AvgIpc) is 2.69. The molecule has 1 N–H and O–H groups in total. The Morgan fingerprint density at radius 3 is 2.55 bits per heavy atom. The second-order valence-electron chi connectivity index (χ2n) is 8.75. The van der Waals surface area contributed by atoms with Gasteiger partial charge in [-0.15, -0.1) is 0 Å². The molecule has 0 unspecified atom stereocenters. The molecule has 0 bridgehead atoms. The minimum Gasteiger partial charge on any atom is -0.355 e. The Kier molecular flexibility index (Phi) is 7.98. The van der Waals surface area contributed by atoms with E-state index >= 15 is 0 Å². The van der Waals surface area contributed by atoms with Gasteiger partial charge in [0.25, 0.3) is 0 Å². The molecule has 0 spiro atoms. The Hall–Kier alpha value is -2.65. The topological polar surface area (TPSA) is 76.4 Å². The number of nitriles is 1. The van der Waals surface area contributed by atoms with Crippen LogP contribution in [0.3, 0.4) is 0 Å². The molecule has 1 aromatic carbocycles. The number of rotatable bonds is 7. The number of benzene rings is 1. The molecule has 1 fully saturated rings. The Bertz CT molecular complexity index is 784. The van der Waals surface area contributed by atoms with Gasteiger partial charge in [0.15, 0.2) is 0 Å². The smallest absolute Gasteiger partial charge is 0.246 e. The number of hydrogen-bond donors (Lipinski definition) is 1. The van der Waals surface area contributed by atoms with Gasteiger partial charge in [-0.3, -0.25) is 9.59 Å². The van der Waals surface area contributed by atoms with Gasteiger partial charge in [0, 0.05) is 38.2 Å². The normalized spacial score (nSPS) is 15.5. The molecule has 0 atom stereocenters. The van der Waals surface area contributed by atoms with Gasteiger partial charge in [-0.25, -0.2) is 0 Å². The Morgan fingerprint density at radius 1 is 1.28 bits per heavy atom. The molecule has 156 valence electrons. The van der Waals surface area contributed by atoms with Crippen LogP contribution in [0, 0.1) is 22.7 Å². The highest BCUT2D eigenvalue weighted by Crippen LogP contribution is 2.20. The van der Waals surface area contributed by atoms with Crippen LogP contribution in [-0.2, 0) is 9.59 Å². The van der Waals surface area contributed by atoms with Crippen LogP contribution in [-0.4, -0.2) is 61.9 Å². The van der Waals surface area contributed by atoms with E-state index in [4.69, 9.17) is 5.26 Å². The summed E-state index contributed by atoms with van der Waals surface area (Å²) in [4.78, 5) is 28.9. The van der Waals surface area contributed by atoms with Crippen LogP contribution in [0.4, 0.5) is 0 Å². The molecule has 1 aromatic rings. The standard InChI is InChI=1S/C23H32N4O2/c1-23(2,17-26(3)4)16-25-22(29)19-11-13-27(14-12-19)21(28)10-9-18-7-5-6-8-20(18)15-24/h5-10,19H,11-14,16-17H2,1-4H3,(H,25,29)/b10-9+.